The number of carbonyl (C=O) groups is 2. The largest absolute Gasteiger partial charge is 0.493 e. The Balaban J connectivity index is 1.84. The van der Waals surface area contributed by atoms with E-state index in [1.165, 1.54) is 11.8 Å². The molecule has 32 heavy (non-hydrogen) atoms. The second kappa shape index (κ2) is 9.95. The normalized spacial score (nSPS) is 10.9. The van der Waals surface area contributed by atoms with Gasteiger partial charge in [0.05, 0.1) is 12.5 Å². The summed E-state index contributed by atoms with van der Waals surface area (Å²) < 4.78 is 12.0. The first kappa shape index (κ1) is 22.8. The number of hydrogen-bond donors (Lipinski definition) is 2. The molecule has 1 aromatic heterocycles. The van der Waals surface area contributed by atoms with Crippen LogP contribution in [0.25, 0.3) is 10.8 Å². The fraction of sp³-hybridized carbons (Fsp3) is 0.304. The number of nitrogens with one attached hydrogen (secondary N) is 1. The summed E-state index contributed by atoms with van der Waals surface area (Å²) in [7, 11) is 1.48. The van der Waals surface area contributed by atoms with Crippen molar-refractivity contribution in [1.82, 2.24) is 15.1 Å². The molecular formula is C23H26N4O5. The van der Waals surface area contributed by atoms with Crippen molar-refractivity contribution in [2.75, 3.05) is 13.7 Å². The van der Waals surface area contributed by atoms with Crippen LogP contribution < -0.4 is 26.1 Å². The maximum atomic E-state index is 13.0. The Morgan fingerprint density at radius 1 is 1.12 bits per heavy atom. The number of nitrogens with two attached hydrogens (primary N) is 1. The van der Waals surface area contributed by atoms with E-state index in [0.717, 1.165) is 5.56 Å². The minimum Gasteiger partial charge on any atom is -0.493 e. The summed E-state index contributed by atoms with van der Waals surface area (Å²) in [4.78, 5) is 36.6. The molecule has 0 saturated carbocycles. The lowest BCUT2D eigenvalue weighted by molar-refractivity contribution is -0.119. The lowest BCUT2D eigenvalue weighted by Gasteiger charge is -2.14. The van der Waals surface area contributed by atoms with E-state index in [1.807, 2.05) is 13.8 Å². The Hall–Kier alpha value is -3.88. The van der Waals surface area contributed by atoms with E-state index in [-0.39, 0.29) is 30.3 Å². The maximum absolute atomic E-state index is 13.0. The van der Waals surface area contributed by atoms with E-state index in [4.69, 9.17) is 15.2 Å². The molecule has 2 aromatic carbocycles. The second-order valence-corrected chi connectivity index (χ2v) is 7.70. The van der Waals surface area contributed by atoms with Gasteiger partial charge < -0.3 is 20.5 Å². The molecule has 3 N–H and O–H groups in total. The van der Waals surface area contributed by atoms with Crippen molar-refractivity contribution in [3.8, 4) is 11.5 Å². The Bertz CT molecular complexity index is 1200. The molecule has 0 atom stereocenters. The summed E-state index contributed by atoms with van der Waals surface area (Å²) in [5.41, 5.74) is 5.82. The molecule has 0 aliphatic carbocycles. The zero-order valence-electron chi connectivity index (χ0n) is 18.3. The fourth-order valence-corrected chi connectivity index (χ4v) is 3.23. The van der Waals surface area contributed by atoms with Crippen molar-refractivity contribution in [1.29, 1.82) is 0 Å². The van der Waals surface area contributed by atoms with Crippen molar-refractivity contribution < 1.29 is 19.1 Å². The van der Waals surface area contributed by atoms with E-state index in [9.17, 15) is 14.4 Å². The van der Waals surface area contributed by atoms with Crippen LogP contribution in [0, 0.1) is 5.92 Å². The van der Waals surface area contributed by atoms with Crippen LogP contribution in [-0.4, -0.2) is 35.3 Å². The number of nitrogens with zero attached hydrogens (tertiary/aromatic N) is 2. The predicted octanol–water partition coefficient (Wildman–Crippen LogP) is 1.86. The standard InChI is InChI=1S/C23H26N4O5/c1-14(2)12-27-23(30)17-7-5-4-6-16(17)21(26-27)22(29)25-11-15-8-9-18(19(10-15)31-3)32-13-20(24)28/h4-10,14H,11-13H2,1-3H3,(H2,24,28)(H,25,29). The molecule has 0 fully saturated rings. The summed E-state index contributed by atoms with van der Waals surface area (Å²) in [6, 6.07) is 12.0. The highest BCUT2D eigenvalue weighted by Crippen LogP contribution is 2.28. The monoisotopic (exact) mass is 438 g/mol. The van der Waals surface area contributed by atoms with E-state index in [0.29, 0.717) is 28.8 Å². The summed E-state index contributed by atoms with van der Waals surface area (Å²) >= 11 is 0. The summed E-state index contributed by atoms with van der Waals surface area (Å²) in [6.45, 7) is 4.30. The van der Waals surface area contributed by atoms with Gasteiger partial charge in [-0.2, -0.15) is 5.10 Å². The molecule has 0 saturated heterocycles. The molecule has 0 spiro atoms. The predicted molar refractivity (Wildman–Crippen MR) is 120 cm³/mol. The highest BCUT2D eigenvalue weighted by Gasteiger charge is 2.17. The van der Waals surface area contributed by atoms with Crippen LogP contribution in [0.2, 0.25) is 0 Å². The molecule has 0 aliphatic rings. The molecule has 0 unspecified atom stereocenters. The van der Waals surface area contributed by atoms with E-state index < -0.39 is 11.8 Å². The first-order valence-corrected chi connectivity index (χ1v) is 10.2. The summed E-state index contributed by atoms with van der Waals surface area (Å²) in [5.74, 6) is -0.0180. The quantitative estimate of drug-likeness (QED) is 0.525. The van der Waals surface area contributed by atoms with E-state index in [2.05, 4.69) is 10.4 Å². The van der Waals surface area contributed by atoms with Crippen LogP contribution >= 0.6 is 0 Å². The molecule has 3 aromatic rings. The molecular weight excluding hydrogens is 412 g/mol. The van der Waals surface area contributed by atoms with Gasteiger partial charge in [-0.05, 0) is 29.7 Å². The number of hydrogen-bond acceptors (Lipinski definition) is 6. The Labute approximate surface area is 185 Å². The number of carbonyl (C=O) groups excluding carboxylic acids is 2. The van der Waals surface area contributed by atoms with Gasteiger partial charge in [-0.1, -0.05) is 38.1 Å². The summed E-state index contributed by atoms with van der Waals surface area (Å²) in [6.07, 6.45) is 0. The van der Waals surface area contributed by atoms with Crippen LogP contribution in [0.1, 0.15) is 29.9 Å². The lowest BCUT2D eigenvalue weighted by atomic mass is 10.1. The molecule has 9 heteroatoms. The van der Waals surface area contributed by atoms with Crippen molar-refractivity contribution in [2.45, 2.75) is 26.9 Å². The van der Waals surface area contributed by atoms with Crippen molar-refractivity contribution in [3.05, 3.63) is 64.1 Å². The number of methoxy groups -OCH3 is 1. The van der Waals surface area contributed by atoms with Gasteiger partial charge in [0, 0.05) is 18.5 Å². The second-order valence-electron chi connectivity index (χ2n) is 7.70. The summed E-state index contributed by atoms with van der Waals surface area (Å²) in [5, 5.41) is 8.14. The average Bonchev–Trinajstić information content (AvgIpc) is 2.77. The Morgan fingerprint density at radius 2 is 1.84 bits per heavy atom. The van der Waals surface area contributed by atoms with E-state index >= 15 is 0 Å². The van der Waals surface area contributed by atoms with Crippen LogP contribution in [-0.2, 0) is 17.9 Å². The molecule has 1 heterocycles. The number of fused-ring (bicyclic) bond motifs is 1. The average molecular weight is 438 g/mol. The van der Waals surface area contributed by atoms with Crippen LogP contribution in [0.4, 0.5) is 0 Å². The minimum atomic E-state index is -0.595. The van der Waals surface area contributed by atoms with Crippen molar-refractivity contribution in [2.24, 2.45) is 11.7 Å². The Morgan fingerprint density at radius 3 is 2.50 bits per heavy atom. The molecule has 0 aliphatic heterocycles. The van der Waals surface area contributed by atoms with Gasteiger partial charge >= 0.3 is 0 Å². The number of rotatable bonds is 9. The number of ether oxygens (including phenoxy) is 2. The molecule has 9 nitrogen and oxygen atoms in total. The van der Waals surface area contributed by atoms with Gasteiger partial charge in [-0.15, -0.1) is 0 Å². The molecule has 0 bridgehead atoms. The molecule has 3 rings (SSSR count). The molecule has 0 radical (unpaired) electrons. The topological polar surface area (TPSA) is 126 Å². The highest BCUT2D eigenvalue weighted by atomic mass is 16.5. The van der Waals surface area contributed by atoms with Crippen LogP contribution in [0.5, 0.6) is 11.5 Å². The third-order valence-corrected chi connectivity index (χ3v) is 4.67. The zero-order chi connectivity index (χ0) is 23.3. The van der Waals surface area contributed by atoms with Gasteiger partial charge in [0.25, 0.3) is 17.4 Å². The lowest BCUT2D eigenvalue weighted by Crippen LogP contribution is -2.31. The Kier molecular flexibility index (Phi) is 7.09. The minimum absolute atomic E-state index is 0.189. The third-order valence-electron chi connectivity index (χ3n) is 4.67. The molecule has 2 amide bonds. The van der Waals surface area contributed by atoms with Gasteiger partial charge in [-0.3, -0.25) is 14.4 Å². The van der Waals surface area contributed by atoms with Gasteiger partial charge in [0.15, 0.2) is 23.8 Å². The zero-order valence-corrected chi connectivity index (χ0v) is 18.3. The highest BCUT2D eigenvalue weighted by molar-refractivity contribution is 6.04. The number of benzene rings is 2. The van der Waals surface area contributed by atoms with Crippen molar-refractivity contribution >= 4 is 22.6 Å². The van der Waals surface area contributed by atoms with Gasteiger partial charge in [0.1, 0.15) is 0 Å². The van der Waals surface area contributed by atoms with Crippen LogP contribution in [0.15, 0.2) is 47.3 Å². The number of amides is 2. The third kappa shape index (κ3) is 5.23. The maximum Gasteiger partial charge on any atom is 0.274 e. The first-order valence-electron chi connectivity index (χ1n) is 10.2. The molecule has 168 valence electrons. The first-order chi connectivity index (χ1) is 15.3. The smallest absolute Gasteiger partial charge is 0.274 e. The van der Waals surface area contributed by atoms with E-state index in [1.54, 1.807) is 42.5 Å². The van der Waals surface area contributed by atoms with Gasteiger partial charge in [-0.25, -0.2) is 4.68 Å². The number of aromatic nitrogens is 2. The number of primary amides is 1. The SMILES string of the molecule is COc1cc(CNC(=O)c2nn(CC(C)C)c(=O)c3ccccc23)ccc1OCC(N)=O. The van der Waals surface area contributed by atoms with Gasteiger partial charge in [0.2, 0.25) is 0 Å². The van der Waals surface area contributed by atoms with Crippen molar-refractivity contribution in [3.63, 3.8) is 0 Å². The fourth-order valence-electron chi connectivity index (χ4n) is 3.23. The van der Waals surface area contributed by atoms with Crippen LogP contribution in [0.3, 0.4) is 0 Å².